The molecule has 0 nitrogen and oxygen atoms in total. The van der Waals surface area contributed by atoms with E-state index >= 15 is 0 Å². The molecule has 0 amide bonds. The van der Waals surface area contributed by atoms with E-state index in [0.717, 1.165) is 0 Å². The molecule has 0 aromatic heterocycles. The number of benzene rings is 6. The second kappa shape index (κ2) is 24.1. The summed E-state index contributed by atoms with van der Waals surface area (Å²) in [7, 11) is 0. The van der Waals surface area contributed by atoms with Crippen LogP contribution in [-0.2, 0) is 46.7 Å². The zero-order valence-electron chi connectivity index (χ0n) is 33.1. The smallest absolute Gasteiger partial charge is 0.0579 e. The second-order valence-electron chi connectivity index (χ2n) is 14.0. The first kappa shape index (κ1) is 47.4. The first-order chi connectivity index (χ1) is 26.1. The molecule has 0 heterocycles. The molecule has 56 heavy (non-hydrogen) atoms. The summed E-state index contributed by atoms with van der Waals surface area (Å²) < 4.78 is 0. The van der Waals surface area contributed by atoms with Gasteiger partial charge in [0.1, 0.15) is 0 Å². The van der Waals surface area contributed by atoms with Crippen molar-refractivity contribution in [2.75, 3.05) is 0 Å². The number of fused-ring (bicyclic) bond motifs is 8. The third-order valence-electron chi connectivity index (χ3n) is 8.57. The van der Waals surface area contributed by atoms with Gasteiger partial charge >= 0.3 is 83.7 Å². The van der Waals surface area contributed by atoms with Gasteiger partial charge in [-0.15, -0.1) is 161 Å². The summed E-state index contributed by atoms with van der Waals surface area (Å²) in [5, 5.41) is 16.2. The summed E-state index contributed by atoms with van der Waals surface area (Å²) in [5.74, 6) is 0. The maximum absolute atomic E-state index is 2.31. The first-order valence-corrected chi connectivity index (χ1v) is 30.8. The average Bonchev–Trinajstić information content (AvgIpc) is 3.93. The van der Waals surface area contributed by atoms with Crippen LogP contribution in [0.1, 0.15) is 11.1 Å². The van der Waals surface area contributed by atoms with Crippen molar-refractivity contribution < 1.29 is 71.5 Å². The third kappa shape index (κ3) is 14.2. The molecule has 0 aliphatic rings. The van der Waals surface area contributed by atoms with Crippen molar-refractivity contribution in [3.8, 4) is 0 Å². The fourth-order valence-corrected chi connectivity index (χ4v) is 6.42. The summed E-state index contributed by atoms with van der Waals surface area (Å²) >= 11 is 3.48. The molecule has 0 aliphatic heterocycles. The molecule has 0 bridgehead atoms. The van der Waals surface area contributed by atoms with E-state index in [1.165, 1.54) is 75.8 Å². The largest absolute Gasteiger partial charge is 1.00 e. The van der Waals surface area contributed by atoms with Crippen LogP contribution in [-0.4, -0.2) is 10.9 Å². The van der Waals surface area contributed by atoms with Gasteiger partial charge in [0.15, 0.2) is 0 Å². The molecule has 0 atom stereocenters. The Labute approximate surface area is 376 Å². The van der Waals surface area contributed by atoms with Gasteiger partial charge in [0, 0.05) is 0 Å². The molecule has 0 unspecified atom stereocenters. The minimum absolute atomic E-state index is 0. The Morgan fingerprint density at radius 1 is 0.339 bits per heavy atom. The minimum Gasteiger partial charge on any atom is -1.00 e. The Morgan fingerprint density at radius 2 is 0.554 bits per heavy atom. The number of halogens is 2. The van der Waals surface area contributed by atoms with Crippen LogP contribution in [0.3, 0.4) is 0 Å². The molecular formula is C50H48Cl2Si2Zr2-2. The van der Waals surface area contributed by atoms with E-state index in [4.69, 9.17) is 0 Å². The van der Waals surface area contributed by atoms with Crippen LogP contribution in [0, 0.1) is 13.8 Å². The summed E-state index contributed by atoms with van der Waals surface area (Å²) in [6.45, 7) is 13.5. The van der Waals surface area contributed by atoms with Crippen LogP contribution in [0.4, 0.5) is 0 Å². The van der Waals surface area contributed by atoms with Gasteiger partial charge in [-0.25, -0.2) is 0 Å². The number of hydrogen-bond acceptors (Lipinski definition) is 0. The monoisotopic (exact) mass is 954 g/mol. The molecule has 280 valence electrons. The molecular weight excluding hydrogens is 910 g/mol. The predicted octanol–water partition coefficient (Wildman–Crippen LogP) is 8.73. The number of rotatable bonds is 0. The number of hydrogen-bond donors (Lipinski definition) is 0. The average molecular weight is 958 g/mol. The van der Waals surface area contributed by atoms with E-state index < -0.39 is 0 Å². The van der Waals surface area contributed by atoms with Crippen molar-refractivity contribution in [1.82, 2.24) is 0 Å². The van der Waals surface area contributed by atoms with Gasteiger partial charge < -0.3 is 24.8 Å². The summed E-state index contributed by atoms with van der Waals surface area (Å²) in [6, 6.07) is 64.2. The Bertz CT molecular complexity index is 2380. The molecule has 10 aromatic carbocycles. The predicted molar refractivity (Wildman–Crippen MR) is 238 cm³/mol. The molecule has 0 saturated heterocycles. The molecule has 10 aromatic rings. The maximum Gasteiger partial charge on any atom is -0.0579 e. The Morgan fingerprint density at radius 3 is 0.804 bits per heavy atom. The molecule has 10 rings (SSSR count). The quantitative estimate of drug-likeness (QED) is 0.106. The van der Waals surface area contributed by atoms with Crippen LogP contribution in [0.25, 0.3) is 64.6 Å². The van der Waals surface area contributed by atoms with Gasteiger partial charge in [0.25, 0.3) is 0 Å². The fraction of sp³-hybridized carbons (Fsp3) is 0.120. The molecule has 0 radical (unpaired) electrons. The van der Waals surface area contributed by atoms with Gasteiger partial charge in [-0.05, 0) is 0 Å². The van der Waals surface area contributed by atoms with E-state index in [0.29, 0.717) is 0 Å². The molecule has 0 saturated carbocycles. The third-order valence-corrected chi connectivity index (χ3v) is 8.57. The molecule has 6 heteroatoms. The van der Waals surface area contributed by atoms with Gasteiger partial charge in [0.05, 0.1) is 0 Å². The Hall–Kier alpha value is -2.94. The van der Waals surface area contributed by atoms with Gasteiger partial charge in [-0.2, -0.15) is 12.1 Å². The molecule has 0 spiro atoms. The van der Waals surface area contributed by atoms with Crippen LogP contribution in [0.5, 0.6) is 0 Å². The SMILES string of the molecule is C[Si](C)=[Zr+2].C[Si](C)=[Zr+2].Cc1cc2ccccc2[cH-]1.Cc1cc2ccccc2[cH-]1.[Cl-].[Cl-].c1ccc2c(c1)[cH-]c1ccccc12.c1ccc2c(c1)[cH-]c1ccccc12. The number of aryl methyl sites for hydroxylation is 2. The standard InChI is InChI=1S/2C13H9.2C10H9.2C2H6Si.2ClH.2Zr/c2*1-3-7-12-10(5-1)9-11-6-2-4-8-13(11)12;2*1-8-6-9-4-2-3-5-10(9)7-8;2*1-3-2;;;;/h2*1-9H;2*2-7H,1H3;2*1-2H3;2*1H;;/q4*-1;;;;;2*+2/p-2. The van der Waals surface area contributed by atoms with E-state index in [-0.39, 0.29) is 35.7 Å². The maximum atomic E-state index is 2.31. The zero-order chi connectivity index (χ0) is 38.5. The minimum atomic E-state index is 0. The molecule has 0 fully saturated rings. The van der Waals surface area contributed by atoms with Crippen molar-refractivity contribution in [3.05, 3.63) is 193 Å². The first-order valence-electron chi connectivity index (χ1n) is 18.4. The van der Waals surface area contributed by atoms with Crippen LogP contribution >= 0.6 is 0 Å². The Balaban J connectivity index is 0.000000187. The van der Waals surface area contributed by atoms with E-state index in [2.05, 4.69) is 222 Å². The summed E-state index contributed by atoms with van der Waals surface area (Å²) in [5.41, 5.74) is 3.12. The van der Waals surface area contributed by atoms with Gasteiger partial charge in [-0.3, -0.25) is 0 Å². The second-order valence-corrected chi connectivity index (χ2v) is 32.7. The molecule has 0 aliphatic carbocycles. The van der Waals surface area contributed by atoms with Crippen LogP contribution < -0.4 is 24.8 Å². The van der Waals surface area contributed by atoms with Crippen molar-refractivity contribution in [1.29, 1.82) is 0 Å². The topological polar surface area (TPSA) is 0 Å². The van der Waals surface area contributed by atoms with Crippen molar-refractivity contribution in [2.24, 2.45) is 0 Å². The summed E-state index contributed by atoms with van der Waals surface area (Å²) in [6.07, 6.45) is 0. The fourth-order valence-electron chi connectivity index (χ4n) is 6.42. The van der Waals surface area contributed by atoms with E-state index in [1.807, 2.05) is 0 Å². The molecule has 0 N–H and O–H groups in total. The van der Waals surface area contributed by atoms with E-state index in [1.54, 1.807) is 46.7 Å². The van der Waals surface area contributed by atoms with Crippen LogP contribution in [0.15, 0.2) is 182 Å². The van der Waals surface area contributed by atoms with Crippen molar-refractivity contribution in [3.63, 3.8) is 0 Å². The summed E-state index contributed by atoms with van der Waals surface area (Å²) in [4.78, 5) is 0. The van der Waals surface area contributed by atoms with Gasteiger partial charge in [-0.1, -0.05) is 98.8 Å². The van der Waals surface area contributed by atoms with Gasteiger partial charge in [0.2, 0.25) is 0 Å². The van der Waals surface area contributed by atoms with Crippen LogP contribution in [0.2, 0.25) is 26.2 Å². The Kier molecular flexibility index (Phi) is 20.4. The van der Waals surface area contributed by atoms with E-state index in [9.17, 15) is 0 Å². The normalized spacial score (nSPS) is 9.89. The van der Waals surface area contributed by atoms with Crippen molar-refractivity contribution >= 4 is 75.5 Å². The van der Waals surface area contributed by atoms with Crippen molar-refractivity contribution in [2.45, 2.75) is 40.0 Å². The zero-order valence-corrected chi connectivity index (χ0v) is 41.5.